The minimum atomic E-state index is -1.20. The molecule has 2 heterocycles. The average molecular weight is 413 g/mol. The van der Waals surface area contributed by atoms with Gasteiger partial charge in [0.2, 0.25) is 5.95 Å². The fourth-order valence-electron chi connectivity index (χ4n) is 2.86. The van der Waals surface area contributed by atoms with Crippen LogP contribution in [0.4, 0.5) is 8.78 Å². The van der Waals surface area contributed by atoms with Crippen molar-refractivity contribution in [3.8, 4) is 17.0 Å². The van der Waals surface area contributed by atoms with Crippen molar-refractivity contribution in [1.29, 1.82) is 0 Å². The predicted octanol–water partition coefficient (Wildman–Crippen LogP) is 3.38. The molecule has 2 aromatic heterocycles. The SMILES string of the molecule is COc1ccc(C(=O)N[C@@H](CC(=O)O)c2ccccc2F)nc1-c1ccc(F)nc1. The number of aromatic nitrogens is 2. The van der Waals surface area contributed by atoms with Gasteiger partial charge in [0.25, 0.3) is 5.91 Å². The van der Waals surface area contributed by atoms with Crippen molar-refractivity contribution in [2.75, 3.05) is 7.11 Å². The van der Waals surface area contributed by atoms with E-state index in [1.807, 2.05) is 0 Å². The maximum absolute atomic E-state index is 14.1. The average Bonchev–Trinajstić information content (AvgIpc) is 2.73. The minimum Gasteiger partial charge on any atom is -0.494 e. The Morgan fingerprint density at radius 3 is 2.53 bits per heavy atom. The number of amides is 1. The van der Waals surface area contributed by atoms with Crippen LogP contribution in [0.25, 0.3) is 11.3 Å². The topological polar surface area (TPSA) is 101 Å². The lowest BCUT2D eigenvalue weighted by Gasteiger charge is -2.18. The smallest absolute Gasteiger partial charge is 0.305 e. The molecule has 3 rings (SSSR count). The van der Waals surface area contributed by atoms with Crippen LogP contribution >= 0.6 is 0 Å². The molecule has 0 spiro atoms. The Labute approximate surface area is 170 Å². The quantitative estimate of drug-likeness (QED) is 0.576. The maximum Gasteiger partial charge on any atom is 0.305 e. The highest BCUT2D eigenvalue weighted by molar-refractivity contribution is 5.93. The Hall–Kier alpha value is -3.88. The number of hydrogen-bond donors (Lipinski definition) is 2. The molecule has 0 fully saturated rings. The van der Waals surface area contributed by atoms with E-state index >= 15 is 0 Å². The lowest BCUT2D eigenvalue weighted by molar-refractivity contribution is -0.137. The standard InChI is InChI=1S/C21H17F2N3O4/c1-30-17-8-7-15(25-20(17)12-6-9-18(23)24-11-12)21(29)26-16(10-19(27)28)13-4-2-3-5-14(13)22/h2-9,11,16H,10H2,1H3,(H,26,29)(H,27,28)/t16-/m0/s1. The molecule has 0 aliphatic heterocycles. The Kier molecular flexibility index (Phi) is 6.31. The summed E-state index contributed by atoms with van der Waals surface area (Å²) in [6.07, 6.45) is 0.728. The zero-order valence-electron chi connectivity index (χ0n) is 15.8. The van der Waals surface area contributed by atoms with Crippen LogP contribution in [-0.4, -0.2) is 34.1 Å². The zero-order chi connectivity index (χ0) is 21.7. The van der Waals surface area contributed by atoms with E-state index in [1.54, 1.807) is 6.07 Å². The van der Waals surface area contributed by atoms with Crippen molar-refractivity contribution < 1.29 is 28.2 Å². The normalized spacial score (nSPS) is 11.6. The first-order valence-corrected chi connectivity index (χ1v) is 8.83. The summed E-state index contributed by atoms with van der Waals surface area (Å²) in [5.41, 5.74) is 0.656. The lowest BCUT2D eigenvalue weighted by atomic mass is 10.0. The second-order valence-electron chi connectivity index (χ2n) is 6.26. The number of aliphatic carboxylic acids is 1. The fourth-order valence-corrected chi connectivity index (χ4v) is 2.86. The molecule has 7 nitrogen and oxygen atoms in total. The number of carbonyl (C=O) groups is 2. The summed E-state index contributed by atoms with van der Waals surface area (Å²) >= 11 is 0. The molecule has 1 aromatic carbocycles. The Morgan fingerprint density at radius 1 is 1.13 bits per heavy atom. The van der Waals surface area contributed by atoms with Crippen molar-refractivity contribution in [3.05, 3.63) is 77.8 Å². The highest BCUT2D eigenvalue weighted by Gasteiger charge is 2.23. The molecule has 0 saturated carbocycles. The van der Waals surface area contributed by atoms with Crippen LogP contribution in [0.5, 0.6) is 5.75 Å². The van der Waals surface area contributed by atoms with Gasteiger partial charge in [-0.2, -0.15) is 4.39 Å². The molecule has 0 saturated heterocycles. The van der Waals surface area contributed by atoms with Gasteiger partial charge in [-0.3, -0.25) is 9.59 Å². The van der Waals surface area contributed by atoms with Gasteiger partial charge >= 0.3 is 5.97 Å². The van der Waals surface area contributed by atoms with E-state index in [2.05, 4.69) is 15.3 Å². The van der Waals surface area contributed by atoms with Gasteiger partial charge in [-0.15, -0.1) is 0 Å². The number of carboxylic acids is 1. The Balaban J connectivity index is 1.93. The molecule has 1 atom stereocenters. The van der Waals surface area contributed by atoms with E-state index in [4.69, 9.17) is 9.84 Å². The van der Waals surface area contributed by atoms with Crippen LogP contribution in [-0.2, 0) is 4.79 Å². The van der Waals surface area contributed by atoms with Crippen LogP contribution in [0.1, 0.15) is 28.5 Å². The number of hydrogen-bond acceptors (Lipinski definition) is 5. The summed E-state index contributed by atoms with van der Waals surface area (Å²) < 4.78 is 32.5. The monoisotopic (exact) mass is 413 g/mol. The van der Waals surface area contributed by atoms with Crippen LogP contribution < -0.4 is 10.1 Å². The zero-order valence-corrected chi connectivity index (χ0v) is 15.8. The number of pyridine rings is 2. The number of benzene rings is 1. The van der Waals surface area contributed by atoms with Crippen molar-refractivity contribution in [2.24, 2.45) is 0 Å². The molecule has 2 N–H and O–H groups in total. The van der Waals surface area contributed by atoms with E-state index in [0.29, 0.717) is 11.3 Å². The minimum absolute atomic E-state index is 0.0460. The molecule has 30 heavy (non-hydrogen) atoms. The van der Waals surface area contributed by atoms with Crippen molar-refractivity contribution in [1.82, 2.24) is 15.3 Å². The van der Waals surface area contributed by atoms with E-state index in [-0.39, 0.29) is 17.0 Å². The third kappa shape index (κ3) is 4.75. The number of nitrogens with zero attached hydrogens (tertiary/aromatic N) is 2. The number of carboxylic acid groups (broad SMARTS) is 1. The first-order valence-electron chi connectivity index (χ1n) is 8.83. The van der Waals surface area contributed by atoms with Crippen LogP contribution in [0.3, 0.4) is 0 Å². The second-order valence-corrected chi connectivity index (χ2v) is 6.26. The summed E-state index contributed by atoms with van der Waals surface area (Å²) in [4.78, 5) is 31.8. The molecule has 1 amide bonds. The Morgan fingerprint density at radius 2 is 1.90 bits per heavy atom. The number of carbonyl (C=O) groups excluding carboxylic acids is 1. The molecule has 154 valence electrons. The molecule has 0 aliphatic rings. The summed E-state index contributed by atoms with van der Waals surface area (Å²) in [6.45, 7) is 0. The second kappa shape index (κ2) is 9.08. The first kappa shape index (κ1) is 20.8. The van der Waals surface area contributed by atoms with Gasteiger partial charge in [0.15, 0.2) is 0 Å². The van der Waals surface area contributed by atoms with Crippen molar-refractivity contribution in [3.63, 3.8) is 0 Å². The third-order valence-electron chi connectivity index (χ3n) is 4.28. The first-order chi connectivity index (χ1) is 14.4. The van der Waals surface area contributed by atoms with Gasteiger partial charge in [0.05, 0.1) is 19.6 Å². The van der Waals surface area contributed by atoms with E-state index in [1.165, 1.54) is 49.7 Å². The largest absolute Gasteiger partial charge is 0.494 e. The molecular weight excluding hydrogens is 396 g/mol. The number of ether oxygens (including phenoxy) is 1. The molecule has 3 aromatic rings. The molecule has 0 aliphatic carbocycles. The summed E-state index contributed by atoms with van der Waals surface area (Å²) in [6, 6.07) is 9.95. The summed E-state index contributed by atoms with van der Waals surface area (Å²) in [5.74, 6) is -2.89. The molecule has 0 unspecified atom stereocenters. The summed E-state index contributed by atoms with van der Waals surface area (Å²) in [5, 5.41) is 11.7. The fraction of sp³-hybridized carbons (Fsp3) is 0.143. The highest BCUT2D eigenvalue weighted by Crippen LogP contribution is 2.28. The lowest BCUT2D eigenvalue weighted by Crippen LogP contribution is -2.31. The number of halogens is 2. The van der Waals surface area contributed by atoms with Crippen molar-refractivity contribution >= 4 is 11.9 Å². The molecule has 9 heteroatoms. The Bertz CT molecular complexity index is 1070. The van der Waals surface area contributed by atoms with E-state index < -0.39 is 36.1 Å². The number of rotatable bonds is 7. The van der Waals surface area contributed by atoms with Gasteiger partial charge in [-0.1, -0.05) is 18.2 Å². The number of methoxy groups -OCH3 is 1. The van der Waals surface area contributed by atoms with Crippen LogP contribution in [0.15, 0.2) is 54.7 Å². The maximum atomic E-state index is 14.1. The van der Waals surface area contributed by atoms with Gasteiger partial charge in [0, 0.05) is 17.3 Å². The summed E-state index contributed by atoms with van der Waals surface area (Å²) in [7, 11) is 1.41. The molecular formula is C21H17F2N3O4. The van der Waals surface area contributed by atoms with Gasteiger partial charge in [0.1, 0.15) is 23.0 Å². The molecule has 0 bridgehead atoms. The molecule has 0 radical (unpaired) electrons. The predicted molar refractivity (Wildman–Crippen MR) is 103 cm³/mol. The van der Waals surface area contributed by atoms with Gasteiger partial charge < -0.3 is 15.2 Å². The van der Waals surface area contributed by atoms with Gasteiger partial charge in [-0.05, 0) is 30.3 Å². The van der Waals surface area contributed by atoms with Crippen molar-refractivity contribution in [2.45, 2.75) is 12.5 Å². The van der Waals surface area contributed by atoms with E-state index in [0.717, 1.165) is 6.07 Å². The van der Waals surface area contributed by atoms with E-state index in [9.17, 15) is 18.4 Å². The third-order valence-corrected chi connectivity index (χ3v) is 4.28. The number of nitrogens with one attached hydrogen (secondary N) is 1. The van der Waals surface area contributed by atoms with Crippen LogP contribution in [0, 0.1) is 11.8 Å². The van der Waals surface area contributed by atoms with Crippen LogP contribution in [0.2, 0.25) is 0 Å². The van der Waals surface area contributed by atoms with Gasteiger partial charge in [-0.25, -0.2) is 14.4 Å². The highest BCUT2D eigenvalue weighted by atomic mass is 19.1.